The normalized spacial score (nSPS) is 11.1. The number of hydrogen-bond donors (Lipinski definition) is 2. The van der Waals surface area contributed by atoms with Crippen molar-refractivity contribution in [2.75, 3.05) is 19.8 Å². The van der Waals surface area contributed by atoms with Crippen LogP contribution in [0.2, 0.25) is 0 Å². The summed E-state index contributed by atoms with van der Waals surface area (Å²) in [6, 6.07) is 19.2. The van der Waals surface area contributed by atoms with Gasteiger partial charge >= 0.3 is 23.2 Å². The Labute approximate surface area is 281 Å². The van der Waals surface area contributed by atoms with Crippen molar-refractivity contribution in [2.24, 2.45) is 0 Å². The summed E-state index contributed by atoms with van der Waals surface area (Å²) in [5.41, 5.74) is 0.370. The van der Waals surface area contributed by atoms with Crippen LogP contribution in [0.3, 0.4) is 0 Å². The molecule has 0 fully saturated rings. The Kier molecular flexibility index (Phi) is 12.1. The molecule has 0 aliphatic rings. The van der Waals surface area contributed by atoms with Gasteiger partial charge in [-0.2, -0.15) is 0 Å². The Hall–Kier alpha value is -5.58. The van der Waals surface area contributed by atoms with Gasteiger partial charge in [-0.05, 0) is 99.0 Å². The standard InChI is InChI=1S/C38H38O11/c39-27-21-31(37(42)43)30(9-5-1-2-6-18-45-28-14-10-25-12-16-35(40)48-33(25)23-28)32(22-27)38(44)47-20-8-4-3-7-19-46-29-15-11-26-13-17-36(41)49-34(26)24-29/h10-17,21-24,39H,1-9,18-20H2,(H,42,43). The summed E-state index contributed by atoms with van der Waals surface area (Å²) < 4.78 is 27.4. The van der Waals surface area contributed by atoms with E-state index in [1.54, 1.807) is 24.3 Å². The van der Waals surface area contributed by atoms with E-state index in [0.29, 0.717) is 60.7 Å². The molecule has 0 aliphatic carbocycles. The van der Waals surface area contributed by atoms with Crippen LogP contribution in [-0.4, -0.2) is 42.0 Å². The number of phenolic OH excluding ortho intramolecular Hbond substituents is 1. The number of hydrogen-bond acceptors (Lipinski definition) is 10. The molecule has 11 nitrogen and oxygen atoms in total. The van der Waals surface area contributed by atoms with E-state index in [0.717, 1.165) is 55.4 Å². The van der Waals surface area contributed by atoms with Gasteiger partial charge in [-0.1, -0.05) is 12.8 Å². The quantitative estimate of drug-likeness (QED) is 0.0547. The molecule has 11 heteroatoms. The second kappa shape index (κ2) is 17.0. The first kappa shape index (κ1) is 34.7. The molecule has 0 aliphatic heterocycles. The summed E-state index contributed by atoms with van der Waals surface area (Å²) in [4.78, 5) is 47.9. The number of rotatable bonds is 18. The van der Waals surface area contributed by atoms with Crippen molar-refractivity contribution in [3.8, 4) is 17.2 Å². The summed E-state index contributed by atoms with van der Waals surface area (Å²) in [5, 5.41) is 21.5. The molecule has 256 valence electrons. The number of benzene rings is 3. The van der Waals surface area contributed by atoms with E-state index in [1.165, 1.54) is 18.2 Å². The molecule has 0 bridgehead atoms. The van der Waals surface area contributed by atoms with E-state index >= 15 is 0 Å². The second-order valence-electron chi connectivity index (χ2n) is 11.6. The van der Waals surface area contributed by atoms with Gasteiger partial charge in [0.05, 0.1) is 30.9 Å². The highest BCUT2D eigenvalue weighted by atomic mass is 16.5. The molecule has 49 heavy (non-hydrogen) atoms. The van der Waals surface area contributed by atoms with Crippen LogP contribution >= 0.6 is 0 Å². The fraction of sp³-hybridized carbons (Fsp3) is 0.316. The van der Waals surface area contributed by atoms with E-state index in [2.05, 4.69) is 0 Å². The van der Waals surface area contributed by atoms with E-state index in [9.17, 15) is 29.4 Å². The van der Waals surface area contributed by atoms with Crippen LogP contribution in [0.15, 0.2) is 91.2 Å². The number of fused-ring (bicyclic) bond motifs is 2. The molecule has 3 aromatic carbocycles. The Morgan fingerprint density at radius 2 is 1.08 bits per heavy atom. The summed E-state index contributed by atoms with van der Waals surface area (Å²) in [6.07, 6.45) is 6.31. The maximum absolute atomic E-state index is 13.0. The minimum Gasteiger partial charge on any atom is -0.508 e. The van der Waals surface area contributed by atoms with E-state index in [4.69, 9.17) is 23.0 Å². The van der Waals surface area contributed by atoms with Crippen LogP contribution in [0, 0.1) is 0 Å². The Bertz CT molecular complexity index is 2020. The molecule has 0 radical (unpaired) electrons. The first-order chi connectivity index (χ1) is 23.8. The Balaban J connectivity index is 1.02. The monoisotopic (exact) mass is 670 g/mol. The van der Waals surface area contributed by atoms with Crippen molar-refractivity contribution in [1.82, 2.24) is 0 Å². The minimum atomic E-state index is -1.23. The van der Waals surface area contributed by atoms with Crippen molar-refractivity contribution in [3.63, 3.8) is 0 Å². The summed E-state index contributed by atoms with van der Waals surface area (Å²) in [7, 11) is 0. The lowest BCUT2D eigenvalue weighted by Crippen LogP contribution is -2.14. The van der Waals surface area contributed by atoms with E-state index in [1.807, 2.05) is 24.3 Å². The highest BCUT2D eigenvalue weighted by molar-refractivity contribution is 5.98. The molecule has 0 atom stereocenters. The van der Waals surface area contributed by atoms with Gasteiger partial charge in [-0.25, -0.2) is 19.2 Å². The minimum absolute atomic E-state index is 0.0586. The fourth-order valence-corrected chi connectivity index (χ4v) is 5.50. The number of aromatic hydroxyl groups is 1. The smallest absolute Gasteiger partial charge is 0.338 e. The third kappa shape index (κ3) is 9.96. The molecular weight excluding hydrogens is 632 g/mol. The van der Waals surface area contributed by atoms with Crippen molar-refractivity contribution >= 4 is 33.9 Å². The van der Waals surface area contributed by atoms with Crippen molar-refractivity contribution in [3.05, 3.63) is 110 Å². The highest BCUT2D eigenvalue weighted by Gasteiger charge is 2.21. The van der Waals surface area contributed by atoms with Crippen LogP contribution in [0.1, 0.15) is 77.6 Å². The average molecular weight is 671 g/mol. The number of esters is 1. The van der Waals surface area contributed by atoms with Crippen LogP contribution < -0.4 is 20.7 Å². The van der Waals surface area contributed by atoms with Crippen LogP contribution in [-0.2, 0) is 11.2 Å². The number of phenols is 1. The van der Waals surface area contributed by atoms with E-state index < -0.39 is 23.2 Å². The zero-order chi connectivity index (χ0) is 34.6. The first-order valence-electron chi connectivity index (χ1n) is 16.4. The molecule has 5 rings (SSSR count). The fourth-order valence-electron chi connectivity index (χ4n) is 5.50. The number of ether oxygens (including phenoxy) is 3. The number of unbranched alkanes of at least 4 members (excludes halogenated alkanes) is 6. The van der Waals surface area contributed by atoms with Crippen LogP contribution in [0.25, 0.3) is 21.9 Å². The maximum atomic E-state index is 13.0. The van der Waals surface area contributed by atoms with Gasteiger partial charge in [-0.3, -0.25) is 0 Å². The number of carbonyl (C=O) groups is 2. The number of aromatic carboxylic acids is 1. The lowest BCUT2D eigenvalue weighted by molar-refractivity contribution is 0.0495. The third-order valence-electron chi connectivity index (χ3n) is 8.00. The topological polar surface area (TPSA) is 163 Å². The summed E-state index contributed by atoms with van der Waals surface area (Å²) in [6.45, 7) is 1.09. The van der Waals surface area contributed by atoms with Gasteiger partial charge in [0.2, 0.25) is 0 Å². The average Bonchev–Trinajstić information content (AvgIpc) is 3.08. The zero-order valence-corrected chi connectivity index (χ0v) is 27.0. The van der Waals surface area contributed by atoms with Gasteiger partial charge in [-0.15, -0.1) is 0 Å². The van der Waals surface area contributed by atoms with Gasteiger partial charge in [0.1, 0.15) is 28.4 Å². The first-order valence-corrected chi connectivity index (χ1v) is 16.4. The number of carbonyl (C=O) groups excluding carboxylic acids is 1. The van der Waals surface area contributed by atoms with Crippen molar-refractivity contribution < 1.29 is 42.8 Å². The van der Waals surface area contributed by atoms with Gasteiger partial charge in [0.25, 0.3) is 0 Å². The summed E-state index contributed by atoms with van der Waals surface area (Å²) >= 11 is 0. The molecule has 2 aromatic heterocycles. The SMILES string of the molecule is O=C(O)c1cc(O)cc(C(=O)OCCCCCCOc2ccc3ccc(=O)oc3c2)c1CCCCCCOc1ccc2ccc(=O)oc2c1. The molecule has 0 saturated carbocycles. The molecule has 2 N–H and O–H groups in total. The molecule has 5 aromatic rings. The molecule has 2 heterocycles. The molecule has 0 spiro atoms. The Morgan fingerprint density at radius 1 is 0.592 bits per heavy atom. The van der Waals surface area contributed by atoms with Crippen molar-refractivity contribution in [1.29, 1.82) is 0 Å². The second-order valence-corrected chi connectivity index (χ2v) is 11.6. The maximum Gasteiger partial charge on any atom is 0.338 e. The molecular formula is C38H38O11. The molecule has 0 unspecified atom stereocenters. The molecule has 0 saturated heterocycles. The number of carboxylic acid groups (broad SMARTS) is 1. The zero-order valence-electron chi connectivity index (χ0n) is 27.0. The molecule has 0 amide bonds. The van der Waals surface area contributed by atoms with Gasteiger partial charge < -0.3 is 33.3 Å². The highest BCUT2D eigenvalue weighted by Crippen LogP contribution is 2.26. The third-order valence-corrected chi connectivity index (χ3v) is 8.00. The lowest BCUT2D eigenvalue weighted by atomic mass is 9.95. The largest absolute Gasteiger partial charge is 0.508 e. The van der Waals surface area contributed by atoms with Gasteiger partial charge in [0, 0.05) is 35.0 Å². The van der Waals surface area contributed by atoms with Crippen molar-refractivity contribution in [2.45, 2.75) is 57.8 Å². The Morgan fingerprint density at radius 3 is 1.63 bits per heavy atom. The summed E-state index contributed by atoms with van der Waals surface area (Å²) in [5.74, 6) is -0.992. The number of carboxylic acids is 1. The van der Waals surface area contributed by atoms with E-state index in [-0.39, 0.29) is 23.5 Å². The van der Waals surface area contributed by atoms with Crippen LogP contribution in [0.5, 0.6) is 17.2 Å². The predicted octanol–water partition coefficient (Wildman–Crippen LogP) is 7.28. The van der Waals surface area contributed by atoms with Gasteiger partial charge in [0.15, 0.2) is 0 Å². The lowest BCUT2D eigenvalue weighted by Gasteiger charge is -2.14. The predicted molar refractivity (Wildman–Crippen MR) is 182 cm³/mol. The van der Waals surface area contributed by atoms with Crippen LogP contribution in [0.4, 0.5) is 0 Å².